The van der Waals surface area contributed by atoms with Gasteiger partial charge in [-0.1, -0.05) is 12.1 Å². The van der Waals surface area contributed by atoms with Gasteiger partial charge in [0.2, 0.25) is 0 Å². The van der Waals surface area contributed by atoms with E-state index < -0.39 is 18.5 Å². The van der Waals surface area contributed by atoms with Crippen molar-refractivity contribution in [3.63, 3.8) is 0 Å². The molecule has 86 valence electrons. The van der Waals surface area contributed by atoms with Crippen molar-refractivity contribution in [1.29, 1.82) is 0 Å². The van der Waals surface area contributed by atoms with Crippen LogP contribution in [0.3, 0.4) is 0 Å². The van der Waals surface area contributed by atoms with E-state index in [9.17, 15) is 4.55 Å². The molecule has 0 aromatic heterocycles. The highest BCUT2D eigenvalue weighted by atomic mass is 32.2. The maximum Gasteiger partial charge on any atom is 0.488 e. The Hall–Kier alpha value is -0.525. The fraction of sp³-hybridized carbons (Fsp3) is 0.400. The second-order valence-electron chi connectivity index (χ2n) is 3.83. The average Bonchev–Trinajstić information content (AvgIpc) is 2.81. The van der Waals surface area contributed by atoms with E-state index in [1.54, 1.807) is 24.3 Å². The lowest BCUT2D eigenvalue weighted by Crippen LogP contribution is -2.31. The average molecular weight is 239 g/mol. The summed E-state index contributed by atoms with van der Waals surface area (Å²) in [6.45, 7) is 1.74. The Bertz CT molecular complexity index is 340. The molecule has 0 aliphatic carbocycles. The van der Waals surface area contributed by atoms with Gasteiger partial charge < -0.3 is 14.6 Å². The van der Waals surface area contributed by atoms with Gasteiger partial charge in [-0.05, 0) is 30.4 Å². The number of rotatable bonds is 3. The Morgan fingerprint density at radius 3 is 2.19 bits per heavy atom. The van der Waals surface area contributed by atoms with Crippen LogP contribution in [-0.4, -0.2) is 39.1 Å². The van der Waals surface area contributed by atoms with Gasteiger partial charge in [-0.3, -0.25) is 0 Å². The van der Waals surface area contributed by atoms with Gasteiger partial charge in [0.25, 0.3) is 0 Å². The molecule has 2 N–H and O–H groups in total. The van der Waals surface area contributed by atoms with E-state index in [1.807, 2.05) is 4.31 Å². The summed E-state index contributed by atoms with van der Waals surface area (Å²) in [4.78, 5) is 0.714. The Balaban J connectivity index is 2.08. The molecule has 1 aliphatic heterocycles. The van der Waals surface area contributed by atoms with E-state index in [4.69, 9.17) is 10.0 Å². The molecule has 0 radical (unpaired) electrons. The molecular weight excluding hydrogens is 225 g/mol. The van der Waals surface area contributed by atoms with E-state index in [0.29, 0.717) is 10.4 Å². The fourth-order valence-corrected chi connectivity index (χ4v) is 3.02. The summed E-state index contributed by atoms with van der Waals surface area (Å²) < 4.78 is 14.0. The number of hydrogen-bond donors (Lipinski definition) is 2. The summed E-state index contributed by atoms with van der Waals surface area (Å²) in [5.74, 6) is 0. The van der Waals surface area contributed by atoms with Crippen LogP contribution in [0.4, 0.5) is 0 Å². The SMILES string of the molecule is [O-][S+](c1ccc(B(O)O)cc1)N1CCCC1. The monoisotopic (exact) mass is 239 g/mol. The number of nitrogens with zero attached hydrogens (tertiary/aromatic N) is 1. The summed E-state index contributed by atoms with van der Waals surface area (Å²) in [6.07, 6.45) is 2.19. The van der Waals surface area contributed by atoms with Crippen LogP contribution in [0.1, 0.15) is 12.8 Å². The normalized spacial score (nSPS) is 18.7. The van der Waals surface area contributed by atoms with E-state index >= 15 is 0 Å². The smallest absolute Gasteiger partial charge is 0.488 e. The Morgan fingerprint density at radius 1 is 1.12 bits per heavy atom. The molecule has 1 aliphatic rings. The highest BCUT2D eigenvalue weighted by Crippen LogP contribution is 2.19. The topological polar surface area (TPSA) is 66.8 Å². The van der Waals surface area contributed by atoms with Crippen LogP contribution in [0.15, 0.2) is 29.2 Å². The van der Waals surface area contributed by atoms with Crippen LogP contribution in [0.2, 0.25) is 0 Å². The Morgan fingerprint density at radius 2 is 1.69 bits per heavy atom. The lowest BCUT2D eigenvalue weighted by molar-refractivity contribution is 0.425. The van der Waals surface area contributed by atoms with Crippen molar-refractivity contribution in [3.8, 4) is 0 Å². The lowest BCUT2D eigenvalue weighted by Gasteiger charge is -2.18. The van der Waals surface area contributed by atoms with Crippen LogP contribution in [0.25, 0.3) is 0 Å². The number of hydrogen-bond acceptors (Lipinski definition) is 4. The first-order valence-corrected chi connectivity index (χ1v) is 6.42. The van der Waals surface area contributed by atoms with E-state index in [1.165, 1.54) is 0 Å². The predicted molar refractivity (Wildman–Crippen MR) is 63.5 cm³/mol. The summed E-state index contributed by atoms with van der Waals surface area (Å²) >= 11 is -1.11. The van der Waals surface area contributed by atoms with E-state index in [-0.39, 0.29) is 0 Å². The van der Waals surface area contributed by atoms with E-state index in [0.717, 1.165) is 25.9 Å². The van der Waals surface area contributed by atoms with Crippen molar-refractivity contribution in [2.75, 3.05) is 13.1 Å². The van der Waals surface area contributed by atoms with Gasteiger partial charge in [0.15, 0.2) is 4.90 Å². The van der Waals surface area contributed by atoms with Crippen LogP contribution < -0.4 is 5.46 Å². The zero-order chi connectivity index (χ0) is 11.5. The third-order valence-electron chi connectivity index (χ3n) is 2.68. The first-order valence-electron chi connectivity index (χ1n) is 5.31. The quantitative estimate of drug-likeness (QED) is 0.550. The zero-order valence-corrected chi connectivity index (χ0v) is 9.69. The van der Waals surface area contributed by atoms with Gasteiger partial charge in [-0.2, -0.15) is 0 Å². The maximum absolute atomic E-state index is 12.0. The summed E-state index contributed by atoms with van der Waals surface area (Å²) in [6, 6.07) is 6.55. The second kappa shape index (κ2) is 5.20. The molecule has 1 atom stereocenters. The molecule has 6 heteroatoms. The van der Waals surface area contributed by atoms with Gasteiger partial charge in [0.1, 0.15) is 0 Å². The Kier molecular flexibility index (Phi) is 3.88. The van der Waals surface area contributed by atoms with Gasteiger partial charge in [-0.15, -0.1) is 4.31 Å². The second-order valence-corrected chi connectivity index (χ2v) is 5.31. The molecule has 1 aromatic carbocycles. The third kappa shape index (κ3) is 2.59. The first kappa shape index (κ1) is 11.9. The zero-order valence-electron chi connectivity index (χ0n) is 8.87. The van der Waals surface area contributed by atoms with Crippen molar-refractivity contribution in [2.45, 2.75) is 17.7 Å². The van der Waals surface area contributed by atoms with E-state index in [2.05, 4.69) is 0 Å². The summed E-state index contributed by atoms with van der Waals surface area (Å²) in [5.41, 5.74) is 0.419. The minimum atomic E-state index is -1.46. The van der Waals surface area contributed by atoms with Gasteiger partial charge >= 0.3 is 7.12 Å². The van der Waals surface area contributed by atoms with Gasteiger partial charge in [0, 0.05) is 13.1 Å². The Labute approximate surface area is 98.4 Å². The molecular formula is C10H14BNO3S. The summed E-state index contributed by atoms with van der Waals surface area (Å²) in [7, 11) is -1.46. The molecule has 1 saturated heterocycles. The minimum absolute atomic E-state index is 0.419. The third-order valence-corrected chi connectivity index (χ3v) is 4.19. The van der Waals surface area contributed by atoms with Crippen LogP contribution in [0.5, 0.6) is 0 Å². The number of benzene rings is 1. The lowest BCUT2D eigenvalue weighted by atomic mass is 9.81. The molecule has 0 spiro atoms. The molecule has 1 heterocycles. The van der Waals surface area contributed by atoms with Crippen LogP contribution in [0, 0.1) is 0 Å². The van der Waals surface area contributed by atoms with Crippen LogP contribution >= 0.6 is 0 Å². The van der Waals surface area contributed by atoms with Crippen molar-refractivity contribution in [3.05, 3.63) is 24.3 Å². The molecule has 0 saturated carbocycles. The van der Waals surface area contributed by atoms with Crippen molar-refractivity contribution in [1.82, 2.24) is 4.31 Å². The molecule has 1 unspecified atom stereocenters. The highest BCUT2D eigenvalue weighted by molar-refractivity contribution is 7.89. The van der Waals surface area contributed by atoms with Crippen molar-refractivity contribution < 1.29 is 14.6 Å². The van der Waals surface area contributed by atoms with Gasteiger partial charge in [0.05, 0.1) is 11.4 Å². The molecule has 1 fully saturated rings. The molecule has 0 amide bonds. The predicted octanol–water partition coefficient (Wildman–Crippen LogP) is -0.515. The molecule has 4 nitrogen and oxygen atoms in total. The maximum atomic E-state index is 12.0. The largest absolute Gasteiger partial charge is 0.593 e. The highest BCUT2D eigenvalue weighted by Gasteiger charge is 2.25. The standard InChI is InChI=1S/C10H14BNO3S/c13-11(14)9-3-5-10(6-4-9)16(15)12-7-1-2-8-12/h3-6,13-14H,1-2,7-8H2. The molecule has 2 rings (SSSR count). The molecule has 16 heavy (non-hydrogen) atoms. The minimum Gasteiger partial charge on any atom is -0.593 e. The first-order chi connectivity index (χ1) is 7.68. The fourth-order valence-electron chi connectivity index (χ4n) is 1.76. The molecule has 1 aromatic rings. The van der Waals surface area contributed by atoms with Gasteiger partial charge in [-0.25, -0.2) is 0 Å². The summed E-state index contributed by atoms with van der Waals surface area (Å²) in [5, 5.41) is 17.9. The van der Waals surface area contributed by atoms with Crippen molar-refractivity contribution >= 4 is 23.9 Å². The van der Waals surface area contributed by atoms with Crippen molar-refractivity contribution in [2.24, 2.45) is 0 Å². The molecule has 0 bridgehead atoms. The van der Waals surface area contributed by atoms with Crippen LogP contribution in [-0.2, 0) is 11.4 Å².